The first-order valence-electron chi connectivity index (χ1n) is 4.76. The maximum atomic E-state index is 11.5. The first-order valence-corrected chi connectivity index (χ1v) is 4.76. The van der Waals surface area contributed by atoms with Crippen LogP contribution in [0.15, 0.2) is 0 Å². The average molecular weight is 171 g/mol. The van der Waals surface area contributed by atoms with Crippen LogP contribution in [0.25, 0.3) is 0 Å². The molecule has 2 nitrogen and oxygen atoms in total. The molecule has 0 aliphatic heterocycles. The van der Waals surface area contributed by atoms with Gasteiger partial charge in [0, 0.05) is 5.41 Å². The van der Waals surface area contributed by atoms with E-state index in [4.69, 9.17) is 5.73 Å². The SMILES string of the molecule is CCC(C)C(C)(CC)C(=O)CN. The minimum Gasteiger partial charge on any atom is -0.324 e. The molecule has 0 aliphatic rings. The number of nitrogens with two attached hydrogens (primary N) is 1. The summed E-state index contributed by atoms with van der Waals surface area (Å²) in [6, 6.07) is 0. The first-order chi connectivity index (χ1) is 5.52. The third-order valence-electron chi connectivity index (χ3n) is 3.26. The number of carbonyl (C=O) groups is 1. The Labute approximate surface area is 75.5 Å². The zero-order valence-electron chi connectivity index (χ0n) is 8.68. The quantitative estimate of drug-likeness (QED) is 0.687. The molecule has 0 heterocycles. The Balaban J connectivity index is 4.54. The average Bonchev–Trinajstić information content (AvgIpc) is 2.13. The molecular formula is C10H21NO. The molecule has 0 amide bonds. The summed E-state index contributed by atoms with van der Waals surface area (Å²) >= 11 is 0. The van der Waals surface area contributed by atoms with Crippen molar-refractivity contribution in [2.75, 3.05) is 6.54 Å². The number of Topliss-reactive ketones (excluding diaryl/α,β-unsaturated/α-hetero) is 1. The van der Waals surface area contributed by atoms with Crippen molar-refractivity contribution in [2.45, 2.75) is 40.5 Å². The minimum atomic E-state index is -0.205. The Morgan fingerprint density at radius 2 is 2.00 bits per heavy atom. The van der Waals surface area contributed by atoms with Crippen molar-refractivity contribution < 1.29 is 4.79 Å². The number of hydrogen-bond donors (Lipinski definition) is 1. The van der Waals surface area contributed by atoms with E-state index in [2.05, 4.69) is 20.8 Å². The molecule has 2 N–H and O–H groups in total. The number of rotatable bonds is 5. The Kier molecular flexibility index (Phi) is 4.46. The normalized spacial score (nSPS) is 18.4. The smallest absolute Gasteiger partial charge is 0.152 e. The van der Waals surface area contributed by atoms with Gasteiger partial charge in [0.25, 0.3) is 0 Å². The van der Waals surface area contributed by atoms with Crippen LogP contribution >= 0.6 is 0 Å². The van der Waals surface area contributed by atoms with Crippen LogP contribution in [0.1, 0.15) is 40.5 Å². The van der Waals surface area contributed by atoms with Gasteiger partial charge in [-0.1, -0.05) is 34.1 Å². The molecule has 0 saturated heterocycles. The van der Waals surface area contributed by atoms with Crippen LogP contribution in [0.2, 0.25) is 0 Å². The van der Waals surface area contributed by atoms with Gasteiger partial charge in [0.2, 0.25) is 0 Å². The van der Waals surface area contributed by atoms with Crippen molar-refractivity contribution >= 4 is 5.78 Å². The van der Waals surface area contributed by atoms with Gasteiger partial charge in [-0.05, 0) is 12.3 Å². The number of ketones is 1. The van der Waals surface area contributed by atoms with Crippen LogP contribution in [-0.2, 0) is 4.79 Å². The molecule has 2 heteroatoms. The molecular weight excluding hydrogens is 150 g/mol. The molecule has 0 aromatic rings. The van der Waals surface area contributed by atoms with Crippen LogP contribution in [-0.4, -0.2) is 12.3 Å². The summed E-state index contributed by atoms with van der Waals surface area (Å²) in [7, 11) is 0. The van der Waals surface area contributed by atoms with Gasteiger partial charge >= 0.3 is 0 Å². The summed E-state index contributed by atoms with van der Waals surface area (Å²) in [6.07, 6.45) is 1.92. The maximum absolute atomic E-state index is 11.5. The highest BCUT2D eigenvalue weighted by Crippen LogP contribution is 2.33. The molecule has 0 aromatic carbocycles. The standard InChI is InChI=1S/C10H21NO/c1-5-8(3)10(4,6-2)9(12)7-11/h8H,5-7,11H2,1-4H3. The Hall–Kier alpha value is -0.370. The monoisotopic (exact) mass is 171 g/mol. The van der Waals surface area contributed by atoms with E-state index in [-0.39, 0.29) is 17.7 Å². The van der Waals surface area contributed by atoms with Gasteiger partial charge in [-0.15, -0.1) is 0 Å². The van der Waals surface area contributed by atoms with Gasteiger partial charge < -0.3 is 5.73 Å². The summed E-state index contributed by atoms with van der Waals surface area (Å²) < 4.78 is 0. The largest absolute Gasteiger partial charge is 0.324 e. The molecule has 12 heavy (non-hydrogen) atoms. The highest BCUT2D eigenvalue weighted by molar-refractivity contribution is 5.86. The minimum absolute atomic E-state index is 0.175. The van der Waals surface area contributed by atoms with Gasteiger partial charge in [-0.3, -0.25) is 4.79 Å². The topological polar surface area (TPSA) is 43.1 Å². The lowest BCUT2D eigenvalue weighted by Crippen LogP contribution is -2.38. The van der Waals surface area contributed by atoms with Crippen LogP contribution < -0.4 is 5.73 Å². The van der Waals surface area contributed by atoms with Gasteiger partial charge in [-0.2, -0.15) is 0 Å². The van der Waals surface area contributed by atoms with E-state index in [0.717, 1.165) is 12.8 Å². The van der Waals surface area contributed by atoms with Crippen LogP contribution in [0.4, 0.5) is 0 Å². The van der Waals surface area contributed by atoms with Crippen molar-refractivity contribution in [2.24, 2.45) is 17.1 Å². The molecule has 2 unspecified atom stereocenters. The van der Waals surface area contributed by atoms with E-state index in [9.17, 15) is 4.79 Å². The zero-order chi connectivity index (χ0) is 9.78. The van der Waals surface area contributed by atoms with Crippen LogP contribution in [0.3, 0.4) is 0 Å². The summed E-state index contributed by atoms with van der Waals surface area (Å²) in [6.45, 7) is 8.49. The van der Waals surface area contributed by atoms with E-state index in [0.29, 0.717) is 5.92 Å². The third kappa shape index (κ3) is 2.07. The summed E-state index contributed by atoms with van der Waals surface area (Å²) in [5, 5.41) is 0. The number of hydrogen-bond acceptors (Lipinski definition) is 2. The molecule has 0 spiro atoms. The molecule has 0 saturated carbocycles. The molecule has 0 aromatic heterocycles. The molecule has 0 bridgehead atoms. The van der Waals surface area contributed by atoms with Crippen molar-refractivity contribution in [1.29, 1.82) is 0 Å². The van der Waals surface area contributed by atoms with Crippen molar-refractivity contribution in [1.82, 2.24) is 0 Å². The Bertz CT molecular complexity index is 156. The van der Waals surface area contributed by atoms with Gasteiger partial charge in [0.05, 0.1) is 6.54 Å². The Morgan fingerprint density at radius 3 is 2.25 bits per heavy atom. The lowest BCUT2D eigenvalue weighted by Gasteiger charge is -2.32. The van der Waals surface area contributed by atoms with Crippen LogP contribution in [0, 0.1) is 11.3 Å². The highest BCUT2D eigenvalue weighted by Gasteiger charge is 2.34. The van der Waals surface area contributed by atoms with Gasteiger partial charge in [0.1, 0.15) is 0 Å². The Morgan fingerprint density at radius 1 is 1.50 bits per heavy atom. The maximum Gasteiger partial charge on any atom is 0.152 e. The summed E-state index contributed by atoms with van der Waals surface area (Å²) in [4.78, 5) is 11.5. The second-order valence-electron chi connectivity index (χ2n) is 3.71. The van der Waals surface area contributed by atoms with Crippen LogP contribution in [0.5, 0.6) is 0 Å². The van der Waals surface area contributed by atoms with Gasteiger partial charge in [0.15, 0.2) is 5.78 Å². The predicted octanol–water partition coefficient (Wildman–Crippen LogP) is 1.98. The van der Waals surface area contributed by atoms with E-state index >= 15 is 0 Å². The molecule has 0 radical (unpaired) electrons. The van der Waals surface area contributed by atoms with Crippen molar-refractivity contribution in [3.05, 3.63) is 0 Å². The second-order valence-corrected chi connectivity index (χ2v) is 3.71. The van der Waals surface area contributed by atoms with Crippen molar-refractivity contribution in [3.8, 4) is 0 Å². The zero-order valence-corrected chi connectivity index (χ0v) is 8.68. The molecule has 0 rings (SSSR count). The molecule has 72 valence electrons. The van der Waals surface area contributed by atoms with E-state index < -0.39 is 0 Å². The predicted molar refractivity (Wildman–Crippen MR) is 51.9 cm³/mol. The fourth-order valence-electron chi connectivity index (χ4n) is 1.50. The molecule has 2 atom stereocenters. The highest BCUT2D eigenvalue weighted by atomic mass is 16.1. The van der Waals surface area contributed by atoms with Gasteiger partial charge in [-0.25, -0.2) is 0 Å². The third-order valence-corrected chi connectivity index (χ3v) is 3.26. The van der Waals surface area contributed by atoms with Crippen molar-refractivity contribution in [3.63, 3.8) is 0 Å². The summed E-state index contributed by atoms with van der Waals surface area (Å²) in [5.74, 6) is 0.623. The lowest BCUT2D eigenvalue weighted by atomic mass is 9.71. The summed E-state index contributed by atoms with van der Waals surface area (Å²) in [5.41, 5.74) is 5.17. The van der Waals surface area contributed by atoms with E-state index in [1.165, 1.54) is 0 Å². The fourth-order valence-corrected chi connectivity index (χ4v) is 1.50. The fraction of sp³-hybridized carbons (Fsp3) is 0.900. The van der Waals surface area contributed by atoms with E-state index in [1.807, 2.05) is 6.92 Å². The molecule has 0 aliphatic carbocycles. The number of carbonyl (C=O) groups excluding carboxylic acids is 1. The lowest BCUT2D eigenvalue weighted by molar-refractivity contribution is -0.129. The first kappa shape index (κ1) is 11.6. The molecule has 0 fully saturated rings. The van der Waals surface area contributed by atoms with E-state index in [1.54, 1.807) is 0 Å². The second kappa shape index (κ2) is 4.61.